The van der Waals surface area contributed by atoms with Crippen LogP contribution in [0, 0.1) is 25.7 Å². The second-order valence-electron chi connectivity index (χ2n) is 8.78. The molecule has 1 aliphatic carbocycles. The van der Waals surface area contributed by atoms with Gasteiger partial charge >= 0.3 is 5.97 Å². The second-order valence-corrected chi connectivity index (χ2v) is 9.90. The number of anilines is 2. The zero-order chi connectivity index (χ0) is 24.6. The molecule has 0 aromatic heterocycles. The first-order chi connectivity index (χ1) is 16.1. The summed E-state index contributed by atoms with van der Waals surface area (Å²) in [7, 11) is 0. The van der Waals surface area contributed by atoms with Crippen molar-refractivity contribution in [3.05, 3.63) is 59.2 Å². The Morgan fingerprint density at radius 1 is 0.941 bits per heavy atom. The van der Waals surface area contributed by atoms with Gasteiger partial charge in [-0.25, -0.2) is 4.79 Å². The topological polar surface area (TPSA) is 92.8 Å². The molecule has 34 heavy (non-hydrogen) atoms. The van der Waals surface area contributed by atoms with Crippen molar-refractivity contribution < 1.29 is 23.9 Å². The second kappa shape index (κ2) is 9.76. The Labute approximate surface area is 207 Å². The number of rotatable bonds is 5. The van der Waals surface area contributed by atoms with Crippen LogP contribution in [0.3, 0.4) is 0 Å². The van der Waals surface area contributed by atoms with Crippen LogP contribution in [0.1, 0.15) is 34.3 Å². The Hall–Kier alpha value is -2.90. The highest BCUT2D eigenvalue weighted by Crippen LogP contribution is 2.43. The van der Waals surface area contributed by atoms with Gasteiger partial charge < -0.3 is 10.1 Å². The molecule has 0 radical (unpaired) electrons. The summed E-state index contributed by atoms with van der Waals surface area (Å²) in [4.78, 5) is 51.4. The molecule has 2 aromatic carbocycles. The van der Waals surface area contributed by atoms with E-state index in [1.165, 1.54) is 24.3 Å². The standard InChI is InChI=1S/C25H24Cl2N2O5/c1-13-7-14(2)9-16(8-13)28-22(30)12-34-25(33)15-3-5-17(6-4-15)29-23(31)18-10-20(26)21(27)11-19(18)24(29)32/h3-9,18-21H,10-12H2,1-2H3,(H,28,30)/t18-,19-,20-,21+/m1/s1. The fourth-order valence-electron chi connectivity index (χ4n) is 4.55. The number of ether oxygens (including phenoxy) is 1. The van der Waals surface area contributed by atoms with E-state index in [-0.39, 0.29) is 28.1 Å². The molecule has 1 heterocycles. The van der Waals surface area contributed by atoms with Crippen molar-refractivity contribution in [3.8, 4) is 0 Å². The lowest BCUT2D eigenvalue weighted by molar-refractivity contribution is -0.122. The molecule has 178 valence electrons. The number of aryl methyl sites for hydroxylation is 2. The van der Waals surface area contributed by atoms with Crippen LogP contribution in [0.2, 0.25) is 0 Å². The van der Waals surface area contributed by atoms with Crippen molar-refractivity contribution in [2.45, 2.75) is 37.4 Å². The molecule has 7 nitrogen and oxygen atoms in total. The average molecular weight is 503 g/mol. The molecule has 4 rings (SSSR count). The van der Waals surface area contributed by atoms with E-state index >= 15 is 0 Å². The highest BCUT2D eigenvalue weighted by atomic mass is 35.5. The largest absolute Gasteiger partial charge is 0.452 e. The third-order valence-electron chi connectivity index (χ3n) is 6.11. The van der Waals surface area contributed by atoms with Gasteiger partial charge in [-0.15, -0.1) is 23.2 Å². The van der Waals surface area contributed by atoms with Gasteiger partial charge in [0.1, 0.15) is 0 Å². The molecule has 1 saturated heterocycles. The SMILES string of the molecule is Cc1cc(C)cc(NC(=O)COC(=O)c2ccc(N3C(=O)[C@@H]4C[C@@H](Cl)[C@@H](Cl)C[C@H]4C3=O)cc2)c1. The van der Waals surface area contributed by atoms with Crippen molar-refractivity contribution in [2.75, 3.05) is 16.8 Å². The summed E-state index contributed by atoms with van der Waals surface area (Å²) in [6.07, 6.45) is 0.714. The van der Waals surface area contributed by atoms with Gasteiger partial charge in [0.15, 0.2) is 6.61 Å². The molecule has 0 spiro atoms. The van der Waals surface area contributed by atoms with Crippen molar-refractivity contribution in [3.63, 3.8) is 0 Å². The van der Waals surface area contributed by atoms with Crippen LogP contribution in [0.15, 0.2) is 42.5 Å². The third kappa shape index (κ3) is 4.95. The van der Waals surface area contributed by atoms with E-state index < -0.39 is 30.3 Å². The van der Waals surface area contributed by atoms with Gasteiger partial charge in [0.05, 0.1) is 33.8 Å². The number of nitrogens with one attached hydrogen (secondary N) is 1. The quantitative estimate of drug-likeness (QED) is 0.375. The molecule has 1 aliphatic heterocycles. The molecule has 1 saturated carbocycles. The molecule has 9 heteroatoms. The van der Waals surface area contributed by atoms with Crippen molar-refractivity contribution in [1.82, 2.24) is 0 Å². The highest BCUT2D eigenvalue weighted by molar-refractivity contribution is 6.31. The number of imide groups is 1. The van der Waals surface area contributed by atoms with Crippen molar-refractivity contribution >= 4 is 58.3 Å². The summed E-state index contributed by atoms with van der Waals surface area (Å²) in [6.45, 7) is 3.40. The Bertz CT molecular complexity index is 1100. The number of esters is 1. The Morgan fingerprint density at radius 3 is 2.00 bits per heavy atom. The lowest BCUT2D eigenvalue weighted by Crippen LogP contribution is -2.34. The smallest absolute Gasteiger partial charge is 0.338 e. The third-order valence-corrected chi connectivity index (χ3v) is 7.21. The molecule has 0 unspecified atom stereocenters. The maximum atomic E-state index is 12.9. The summed E-state index contributed by atoms with van der Waals surface area (Å²) in [5.41, 5.74) is 3.20. The van der Waals surface area contributed by atoms with Crippen molar-refractivity contribution in [1.29, 1.82) is 0 Å². The number of alkyl halides is 2. The minimum absolute atomic E-state index is 0.195. The zero-order valence-corrected chi connectivity index (χ0v) is 20.2. The molecule has 2 aromatic rings. The van der Waals surface area contributed by atoms with E-state index in [1.54, 1.807) is 0 Å². The number of halogens is 2. The monoisotopic (exact) mass is 502 g/mol. The maximum Gasteiger partial charge on any atom is 0.338 e. The lowest BCUT2D eigenvalue weighted by atomic mass is 9.80. The van der Waals surface area contributed by atoms with E-state index in [1.807, 2.05) is 32.0 Å². The van der Waals surface area contributed by atoms with Gasteiger partial charge in [-0.1, -0.05) is 6.07 Å². The van der Waals surface area contributed by atoms with Crippen LogP contribution in [0.4, 0.5) is 11.4 Å². The summed E-state index contributed by atoms with van der Waals surface area (Å²) >= 11 is 12.4. The Kier molecular flexibility index (Phi) is 6.96. The van der Waals surface area contributed by atoms with E-state index in [0.717, 1.165) is 16.0 Å². The number of nitrogens with zero attached hydrogens (tertiary/aromatic N) is 1. The average Bonchev–Trinajstić information content (AvgIpc) is 3.01. The predicted molar refractivity (Wildman–Crippen MR) is 129 cm³/mol. The molecular weight excluding hydrogens is 479 g/mol. The van der Waals surface area contributed by atoms with Gasteiger partial charge in [-0.05, 0) is 74.2 Å². The van der Waals surface area contributed by atoms with Crippen LogP contribution in [-0.2, 0) is 19.1 Å². The minimum atomic E-state index is -0.690. The molecule has 2 fully saturated rings. The van der Waals surface area contributed by atoms with Crippen LogP contribution in [-0.4, -0.2) is 41.1 Å². The predicted octanol–water partition coefficient (Wildman–Crippen LogP) is 4.21. The van der Waals surface area contributed by atoms with Crippen LogP contribution in [0.25, 0.3) is 0 Å². The van der Waals surface area contributed by atoms with E-state index in [2.05, 4.69) is 5.32 Å². The van der Waals surface area contributed by atoms with E-state index in [9.17, 15) is 19.2 Å². The summed E-state index contributed by atoms with van der Waals surface area (Å²) in [5.74, 6) is -2.72. The molecule has 2 aliphatic rings. The normalized spacial score (nSPS) is 24.1. The molecule has 1 N–H and O–H groups in total. The van der Waals surface area contributed by atoms with E-state index in [4.69, 9.17) is 27.9 Å². The van der Waals surface area contributed by atoms with Crippen LogP contribution >= 0.6 is 23.2 Å². The van der Waals surface area contributed by atoms with E-state index in [0.29, 0.717) is 24.2 Å². The fraction of sp³-hybridized carbons (Fsp3) is 0.360. The number of hydrogen-bond donors (Lipinski definition) is 1. The van der Waals surface area contributed by atoms with Crippen molar-refractivity contribution in [2.24, 2.45) is 11.8 Å². The minimum Gasteiger partial charge on any atom is -0.452 e. The number of benzene rings is 2. The first-order valence-corrected chi connectivity index (χ1v) is 11.8. The highest BCUT2D eigenvalue weighted by Gasteiger charge is 2.52. The number of hydrogen-bond acceptors (Lipinski definition) is 5. The molecule has 3 amide bonds. The number of carbonyl (C=O) groups excluding carboxylic acids is 4. The van der Waals surface area contributed by atoms with Crippen LogP contribution < -0.4 is 10.2 Å². The number of fused-ring (bicyclic) bond motifs is 1. The van der Waals surface area contributed by atoms with Gasteiger partial charge in [-0.2, -0.15) is 0 Å². The molecule has 0 bridgehead atoms. The molecule has 4 atom stereocenters. The first-order valence-electron chi connectivity index (χ1n) is 11.0. The van der Waals surface area contributed by atoms with Gasteiger partial charge in [0.25, 0.3) is 5.91 Å². The number of amides is 3. The first kappa shape index (κ1) is 24.2. The summed E-state index contributed by atoms with van der Waals surface area (Å²) in [5, 5.41) is 1.99. The molecular formula is C25H24Cl2N2O5. The Balaban J connectivity index is 1.37. The summed E-state index contributed by atoms with van der Waals surface area (Å²) < 4.78 is 5.10. The van der Waals surface area contributed by atoms with Gasteiger partial charge in [0.2, 0.25) is 11.8 Å². The van der Waals surface area contributed by atoms with Gasteiger partial charge in [0, 0.05) is 5.69 Å². The zero-order valence-electron chi connectivity index (χ0n) is 18.7. The Morgan fingerprint density at radius 2 is 1.47 bits per heavy atom. The number of carbonyl (C=O) groups is 4. The summed E-state index contributed by atoms with van der Waals surface area (Å²) in [6, 6.07) is 11.6. The fourth-order valence-corrected chi connectivity index (χ4v) is 5.14. The maximum absolute atomic E-state index is 12.9. The lowest BCUT2D eigenvalue weighted by Gasteiger charge is -2.28. The van der Waals surface area contributed by atoms with Crippen LogP contribution in [0.5, 0.6) is 0 Å². The van der Waals surface area contributed by atoms with Gasteiger partial charge in [-0.3, -0.25) is 19.3 Å².